The van der Waals surface area contributed by atoms with Gasteiger partial charge in [-0.3, -0.25) is 4.79 Å². The second-order valence-electron chi connectivity index (χ2n) is 5.38. The minimum atomic E-state index is -5.27. The lowest BCUT2D eigenvalue weighted by atomic mass is 10.1. The molecule has 0 aliphatic carbocycles. The number of pyridine rings is 1. The smallest absolute Gasteiger partial charge is 0.441 e. The fourth-order valence-electron chi connectivity index (χ4n) is 2.10. The number of ether oxygens (including phenoxy) is 2. The van der Waals surface area contributed by atoms with Gasteiger partial charge in [0.25, 0.3) is 5.91 Å². The van der Waals surface area contributed by atoms with Gasteiger partial charge >= 0.3 is 17.8 Å². The van der Waals surface area contributed by atoms with Gasteiger partial charge in [-0.2, -0.15) is 13.2 Å². The Labute approximate surface area is 162 Å². The summed E-state index contributed by atoms with van der Waals surface area (Å²) in [5.41, 5.74) is -3.58. The molecule has 2 rings (SSSR count). The van der Waals surface area contributed by atoms with Gasteiger partial charge in [-0.25, -0.2) is 9.78 Å². The molecule has 1 atom stereocenters. The molecule has 1 aromatic carbocycles. The molecule has 0 aliphatic rings. The number of esters is 1. The Morgan fingerprint density at radius 3 is 2.36 bits per heavy atom. The fourth-order valence-corrected chi connectivity index (χ4v) is 2.21. The number of hydrogen-bond donors (Lipinski definition) is 2. The van der Waals surface area contributed by atoms with Gasteiger partial charge in [0, 0.05) is 6.20 Å². The molecule has 0 saturated carbocycles. The fraction of sp³-hybridized carbons (Fsp3) is 0.235. The van der Waals surface area contributed by atoms with Crippen LogP contribution in [-0.2, 0) is 14.3 Å². The number of carbonyl (C=O) groups excluding carboxylic acids is 2. The number of alkyl halides is 3. The number of methoxy groups -OCH3 is 1. The summed E-state index contributed by atoms with van der Waals surface area (Å²) in [5, 5.41) is 3.66. The highest BCUT2D eigenvalue weighted by Crippen LogP contribution is 2.32. The van der Waals surface area contributed by atoms with Gasteiger partial charge in [0.05, 0.1) is 12.1 Å². The van der Waals surface area contributed by atoms with Crippen LogP contribution < -0.4 is 15.4 Å². The van der Waals surface area contributed by atoms with E-state index in [0.717, 1.165) is 19.4 Å². The summed E-state index contributed by atoms with van der Waals surface area (Å²) < 4.78 is 50.9. The maximum absolute atomic E-state index is 13.8. The van der Waals surface area contributed by atoms with E-state index in [9.17, 15) is 22.8 Å². The number of nitrogens with zero attached hydrogens (tertiary/aromatic N) is 1. The van der Waals surface area contributed by atoms with Gasteiger partial charge in [-0.15, -0.1) is 0 Å². The largest absolute Gasteiger partial charge is 0.484 e. The van der Waals surface area contributed by atoms with Crippen molar-refractivity contribution in [3.63, 3.8) is 0 Å². The molecule has 11 heteroatoms. The molecular weight excluding hydrogens is 403 g/mol. The molecule has 0 bridgehead atoms. The van der Waals surface area contributed by atoms with Crippen molar-refractivity contribution in [3.05, 3.63) is 53.7 Å². The molecule has 28 heavy (non-hydrogen) atoms. The number of hydrogen-bond acceptors (Lipinski definition) is 6. The van der Waals surface area contributed by atoms with E-state index in [0.29, 0.717) is 0 Å². The summed E-state index contributed by atoms with van der Waals surface area (Å²) in [6.07, 6.45) is -4.20. The molecule has 1 heterocycles. The third-order valence-corrected chi connectivity index (χ3v) is 3.62. The Morgan fingerprint density at radius 2 is 1.82 bits per heavy atom. The first-order chi connectivity index (χ1) is 13.2. The van der Waals surface area contributed by atoms with Gasteiger partial charge in [0.1, 0.15) is 11.6 Å². The second kappa shape index (κ2) is 8.79. The van der Waals surface area contributed by atoms with Crippen LogP contribution in [0.5, 0.6) is 5.75 Å². The lowest BCUT2D eigenvalue weighted by Crippen LogP contribution is -2.69. The van der Waals surface area contributed by atoms with E-state index in [-0.39, 0.29) is 16.6 Å². The van der Waals surface area contributed by atoms with Crippen molar-refractivity contribution in [2.24, 2.45) is 0 Å². The van der Waals surface area contributed by atoms with E-state index in [1.807, 2.05) is 5.32 Å². The zero-order valence-electron chi connectivity index (χ0n) is 14.4. The van der Waals surface area contributed by atoms with Crippen LogP contribution >= 0.6 is 11.6 Å². The lowest BCUT2D eigenvalue weighted by Gasteiger charge is -2.34. The molecule has 0 fully saturated rings. The number of anilines is 1. The van der Waals surface area contributed by atoms with E-state index < -0.39 is 30.3 Å². The summed E-state index contributed by atoms with van der Waals surface area (Å²) in [7, 11) is 0.756. The molecule has 0 spiro atoms. The molecule has 2 N–H and O–H groups in total. The third kappa shape index (κ3) is 5.03. The van der Waals surface area contributed by atoms with Crippen molar-refractivity contribution >= 4 is 29.3 Å². The molecule has 150 valence electrons. The SMILES string of the molecule is COC(=O)[C@@](NC(=O)COc1ccccc1)(Nc1ccc(Cl)cn1)C(F)(F)F. The molecular formula is C17H15ClF3N3O4. The predicted molar refractivity (Wildman–Crippen MR) is 93.8 cm³/mol. The normalized spacial score (nSPS) is 13.2. The summed E-state index contributed by atoms with van der Waals surface area (Å²) in [5.74, 6) is -3.10. The average Bonchev–Trinajstić information content (AvgIpc) is 2.66. The Morgan fingerprint density at radius 1 is 1.14 bits per heavy atom. The first kappa shape index (κ1) is 21.3. The van der Waals surface area contributed by atoms with Crippen molar-refractivity contribution < 1.29 is 32.2 Å². The molecule has 0 unspecified atom stereocenters. The molecule has 1 amide bonds. The highest BCUT2D eigenvalue weighted by atomic mass is 35.5. The van der Waals surface area contributed by atoms with E-state index in [2.05, 4.69) is 9.72 Å². The topological polar surface area (TPSA) is 89.5 Å². The van der Waals surface area contributed by atoms with Gasteiger partial charge in [-0.1, -0.05) is 29.8 Å². The standard InChI is InChI=1S/C17H15ClF3N3O4/c1-27-15(26)16(17(19,20)21,23-13-8-7-11(18)9-22-13)24-14(25)10-28-12-5-3-2-4-6-12/h2-9H,10H2,1H3,(H,22,23)(H,24,25)/t16-/m0/s1. The second-order valence-corrected chi connectivity index (χ2v) is 5.81. The number of amides is 1. The average molecular weight is 418 g/mol. The first-order valence-electron chi connectivity index (χ1n) is 7.71. The van der Waals surface area contributed by atoms with Crippen LogP contribution in [0.25, 0.3) is 0 Å². The van der Waals surface area contributed by atoms with E-state index in [1.165, 1.54) is 18.2 Å². The Hall–Kier alpha value is -3.01. The van der Waals surface area contributed by atoms with Crippen LogP contribution in [0.1, 0.15) is 0 Å². The number of rotatable bonds is 7. The van der Waals surface area contributed by atoms with Crippen LogP contribution in [-0.4, -0.2) is 42.4 Å². The van der Waals surface area contributed by atoms with Crippen molar-refractivity contribution in [2.75, 3.05) is 19.0 Å². The number of aromatic nitrogens is 1. The quantitative estimate of drug-likeness (QED) is 0.532. The van der Waals surface area contributed by atoms with Crippen molar-refractivity contribution in [1.29, 1.82) is 0 Å². The Balaban J connectivity index is 2.27. The first-order valence-corrected chi connectivity index (χ1v) is 8.09. The zero-order valence-corrected chi connectivity index (χ0v) is 15.2. The summed E-state index contributed by atoms with van der Waals surface area (Å²) in [6, 6.07) is 10.3. The zero-order chi connectivity index (χ0) is 20.8. The van der Waals surface area contributed by atoms with E-state index >= 15 is 0 Å². The number of carbonyl (C=O) groups is 2. The summed E-state index contributed by atoms with van der Waals surface area (Å²) in [6.45, 7) is -0.769. The monoisotopic (exact) mass is 417 g/mol. The summed E-state index contributed by atoms with van der Waals surface area (Å²) in [4.78, 5) is 27.8. The molecule has 2 aromatic rings. The van der Waals surface area contributed by atoms with Crippen LogP contribution in [0.15, 0.2) is 48.7 Å². The highest BCUT2D eigenvalue weighted by Gasteiger charge is 2.63. The molecule has 7 nitrogen and oxygen atoms in total. The lowest BCUT2D eigenvalue weighted by molar-refractivity contribution is -0.206. The Bertz CT molecular complexity index is 819. The predicted octanol–water partition coefficient (Wildman–Crippen LogP) is 2.77. The molecule has 0 saturated heterocycles. The highest BCUT2D eigenvalue weighted by molar-refractivity contribution is 6.30. The molecule has 1 aromatic heterocycles. The van der Waals surface area contributed by atoms with Gasteiger partial charge in [-0.05, 0) is 24.3 Å². The number of para-hydroxylation sites is 1. The van der Waals surface area contributed by atoms with Crippen LogP contribution in [0.2, 0.25) is 5.02 Å². The van der Waals surface area contributed by atoms with E-state index in [1.54, 1.807) is 23.5 Å². The van der Waals surface area contributed by atoms with Crippen molar-refractivity contribution in [1.82, 2.24) is 10.3 Å². The van der Waals surface area contributed by atoms with Gasteiger partial charge < -0.3 is 20.1 Å². The van der Waals surface area contributed by atoms with Crippen LogP contribution in [0.3, 0.4) is 0 Å². The molecule has 0 radical (unpaired) electrons. The minimum absolute atomic E-state index is 0.168. The number of halogens is 4. The minimum Gasteiger partial charge on any atom is -0.484 e. The van der Waals surface area contributed by atoms with E-state index in [4.69, 9.17) is 16.3 Å². The van der Waals surface area contributed by atoms with Gasteiger partial charge in [0.15, 0.2) is 6.61 Å². The van der Waals surface area contributed by atoms with Crippen molar-refractivity contribution in [3.8, 4) is 5.75 Å². The number of benzene rings is 1. The molecule has 0 aliphatic heterocycles. The number of nitrogens with one attached hydrogen (secondary N) is 2. The van der Waals surface area contributed by atoms with Gasteiger partial charge in [0.2, 0.25) is 0 Å². The maximum Gasteiger partial charge on any atom is 0.441 e. The van der Waals surface area contributed by atoms with Crippen LogP contribution in [0, 0.1) is 0 Å². The van der Waals surface area contributed by atoms with Crippen LogP contribution in [0.4, 0.5) is 19.0 Å². The third-order valence-electron chi connectivity index (χ3n) is 3.40. The van der Waals surface area contributed by atoms with Crippen molar-refractivity contribution in [2.45, 2.75) is 11.8 Å². The summed E-state index contributed by atoms with van der Waals surface area (Å²) >= 11 is 5.66. The Kier molecular flexibility index (Phi) is 6.68. The maximum atomic E-state index is 13.8.